The smallest absolute Gasteiger partial charge is 0.251 e. The molecule has 0 bridgehead atoms. The first kappa shape index (κ1) is 23.9. The third kappa shape index (κ3) is 7.14. The zero-order valence-electron chi connectivity index (χ0n) is 19.2. The lowest BCUT2D eigenvalue weighted by atomic mass is 10.1. The molecule has 0 aliphatic rings. The lowest BCUT2D eigenvalue weighted by molar-refractivity contribution is 0.0943. The molecule has 0 unspecified atom stereocenters. The van der Waals surface area contributed by atoms with Gasteiger partial charge in [-0.15, -0.1) is 0 Å². The monoisotopic (exact) mass is 450 g/mol. The summed E-state index contributed by atoms with van der Waals surface area (Å²) in [6.07, 6.45) is 2.50. The topological polar surface area (TPSA) is 89.8 Å². The first-order chi connectivity index (χ1) is 16.0. The Balaban J connectivity index is 1.56. The number of benzene rings is 2. The van der Waals surface area contributed by atoms with Gasteiger partial charge in [0.05, 0.1) is 26.5 Å². The maximum Gasteiger partial charge on any atom is 0.251 e. The highest BCUT2D eigenvalue weighted by Crippen LogP contribution is 2.28. The average molecular weight is 451 g/mol. The predicted molar refractivity (Wildman–Crippen MR) is 125 cm³/mol. The predicted octanol–water partition coefficient (Wildman–Crippen LogP) is 4.57. The highest BCUT2D eigenvalue weighted by Gasteiger charge is 2.12. The molecule has 0 spiro atoms. The van der Waals surface area contributed by atoms with Gasteiger partial charge < -0.3 is 24.5 Å². The maximum absolute atomic E-state index is 12.7. The van der Waals surface area contributed by atoms with E-state index in [0.29, 0.717) is 47.5 Å². The molecule has 0 radical (unpaired) electrons. The van der Waals surface area contributed by atoms with E-state index in [4.69, 9.17) is 13.9 Å². The van der Waals surface area contributed by atoms with Crippen LogP contribution in [0.1, 0.15) is 52.3 Å². The summed E-state index contributed by atoms with van der Waals surface area (Å²) in [7, 11) is 1.55. The molecule has 0 saturated heterocycles. The van der Waals surface area contributed by atoms with E-state index < -0.39 is 0 Å². The zero-order chi connectivity index (χ0) is 23.6. The lowest BCUT2D eigenvalue weighted by Gasteiger charge is -2.13. The molecular weight excluding hydrogens is 420 g/mol. The van der Waals surface area contributed by atoms with E-state index in [1.165, 1.54) is 0 Å². The number of hydrogen-bond donors (Lipinski definition) is 2. The van der Waals surface area contributed by atoms with Gasteiger partial charge in [-0.05, 0) is 60.4 Å². The van der Waals surface area contributed by atoms with E-state index in [-0.39, 0.29) is 18.4 Å². The van der Waals surface area contributed by atoms with Crippen LogP contribution < -0.4 is 20.1 Å². The standard InChI is InChI=1S/C26H30N2O5/c1-18(2)11-13-33-23-10-9-21(15-24(23)31-3)26(30)27-16-19-6-4-7-20(14-19)25(29)28-17-22-8-5-12-32-22/h4-10,12,14-15,18H,11,13,16-17H2,1-3H3,(H,27,30)(H,28,29). The molecule has 1 aromatic heterocycles. The summed E-state index contributed by atoms with van der Waals surface area (Å²) in [5.74, 6) is 1.90. The van der Waals surface area contributed by atoms with Crippen molar-refractivity contribution in [3.05, 3.63) is 83.3 Å². The van der Waals surface area contributed by atoms with Gasteiger partial charge in [-0.1, -0.05) is 26.0 Å². The Bertz CT molecular complexity index is 1060. The zero-order valence-corrected chi connectivity index (χ0v) is 19.2. The summed E-state index contributed by atoms with van der Waals surface area (Å²) in [5, 5.41) is 5.69. The number of amides is 2. The number of ether oxygens (including phenoxy) is 2. The van der Waals surface area contributed by atoms with Crippen LogP contribution in [0.3, 0.4) is 0 Å². The Hall–Kier alpha value is -3.74. The van der Waals surface area contributed by atoms with Crippen molar-refractivity contribution in [1.29, 1.82) is 0 Å². The van der Waals surface area contributed by atoms with Gasteiger partial charge in [0, 0.05) is 17.7 Å². The van der Waals surface area contributed by atoms with E-state index in [2.05, 4.69) is 24.5 Å². The van der Waals surface area contributed by atoms with Gasteiger partial charge in [0.1, 0.15) is 5.76 Å². The summed E-state index contributed by atoms with van der Waals surface area (Å²) in [4.78, 5) is 25.1. The van der Waals surface area contributed by atoms with Crippen LogP contribution in [0.25, 0.3) is 0 Å². The molecular formula is C26H30N2O5. The molecule has 2 N–H and O–H groups in total. The minimum Gasteiger partial charge on any atom is -0.493 e. The molecule has 3 aromatic rings. The molecule has 7 nitrogen and oxygen atoms in total. The molecule has 7 heteroatoms. The first-order valence-electron chi connectivity index (χ1n) is 10.9. The molecule has 0 aliphatic carbocycles. The van der Waals surface area contributed by atoms with Crippen molar-refractivity contribution in [1.82, 2.24) is 10.6 Å². The number of methoxy groups -OCH3 is 1. The number of furan rings is 1. The van der Waals surface area contributed by atoms with E-state index in [9.17, 15) is 9.59 Å². The van der Waals surface area contributed by atoms with Gasteiger partial charge in [0.2, 0.25) is 0 Å². The maximum atomic E-state index is 12.7. The van der Waals surface area contributed by atoms with Crippen molar-refractivity contribution in [3.63, 3.8) is 0 Å². The minimum absolute atomic E-state index is 0.211. The van der Waals surface area contributed by atoms with Crippen LogP contribution in [-0.2, 0) is 13.1 Å². The van der Waals surface area contributed by atoms with Crippen LogP contribution >= 0.6 is 0 Å². The molecule has 0 atom stereocenters. The van der Waals surface area contributed by atoms with Crippen LogP contribution in [0.4, 0.5) is 0 Å². The van der Waals surface area contributed by atoms with Gasteiger partial charge in [-0.2, -0.15) is 0 Å². The number of carbonyl (C=O) groups excluding carboxylic acids is 2. The first-order valence-corrected chi connectivity index (χ1v) is 10.9. The third-order valence-corrected chi connectivity index (χ3v) is 5.02. The van der Waals surface area contributed by atoms with Crippen molar-refractivity contribution < 1.29 is 23.5 Å². The van der Waals surface area contributed by atoms with Gasteiger partial charge in [0.25, 0.3) is 11.8 Å². The van der Waals surface area contributed by atoms with Gasteiger partial charge in [0.15, 0.2) is 11.5 Å². The molecule has 2 amide bonds. The van der Waals surface area contributed by atoms with Crippen molar-refractivity contribution >= 4 is 11.8 Å². The Morgan fingerprint density at radius 3 is 2.36 bits per heavy atom. The van der Waals surface area contributed by atoms with Gasteiger partial charge >= 0.3 is 0 Å². The lowest BCUT2D eigenvalue weighted by Crippen LogP contribution is -2.24. The second kappa shape index (κ2) is 11.8. The summed E-state index contributed by atoms with van der Waals surface area (Å²) >= 11 is 0. The number of hydrogen-bond acceptors (Lipinski definition) is 5. The van der Waals surface area contributed by atoms with Crippen molar-refractivity contribution in [2.75, 3.05) is 13.7 Å². The number of carbonyl (C=O) groups is 2. The highest BCUT2D eigenvalue weighted by atomic mass is 16.5. The molecule has 1 heterocycles. The van der Waals surface area contributed by atoms with E-state index in [1.54, 1.807) is 61.9 Å². The third-order valence-electron chi connectivity index (χ3n) is 5.02. The minimum atomic E-state index is -0.241. The fourth-order valence-corrected chi connectivity index (χ4v) is 3.12. The Kier molecular flexibility index (Phi) is 8.52. The molecule has 3 rings (SSSR count). The quantitative estimate of drug-likeness (QED) is 0.447. The normalized spacial score (nSPS) is 10.7. The van der Waals surface area contributed by atoms with Gasteiger partial charge in [-0.25, -0.2) is 0 Å². The summed E-state index contributed by atoms with van der Waals surface area (Å²) in [5.41, 5.74) is 1.79. The SMILES string of the molecule is COc1cc(C(=O)NCc2cccc(C(=O)NCc3ccco3)c2)ccc1OCCC(C)C. The van der Waals surface area contributed by atoms with Crippen LogP contribution in [0.15, 0.2) is 65.3 Å². The summed E-state index contributed by atoms with van der Waals surface area (Å²) in [6, 6.07) is 15.8. The van der Waals surface area contributed by atoms with E-state index in [0.717, 1.165) is 12.0 Å². The van der Waals surface area contributed by atoms with Crippen LogP contribution in [-0.4, -0.2) is 25.5 Å². The second-order valence-corrected chi connectivity index (χ2v) is 8.04. The van der Waals surface area contributed by atoms with Gasteiger partial charge in [-0.3, -0.25) is 9.59 Å². The molecule has 0 fully saturated rings. The van der Waals surface area contributed by atoms with Crippen LogP contribution in [0.5, 0.6) is 11.5 Å². The van der Waals surface area contributed by atoms with Crippen molar-refractivity contribution in [2.45, 2.75) is 33.4 Å². The summed E-state index contributed by atoms with van der Waals surface area (Å²) in [6.45, 7) is 5.46. The fraction of sp³-hybridized carbons (Fsp3) is 0.308. The van der Waals surface area contributed by atoms with E-state index in [1.807, 2.05) is 6.07 Å². The average Bonchev–Trinajstić information content (AvgIpc) is 3.35. The number of nitrogens with one attached hydrogen (secondary N) is 2. The molecule has 33 heavy (non-hydrogen) atoms. The molecule has 0 saturated carbocycles. The largest absolute Gasteiger partial charge is 0.493 e. The van der Waals surface area contributed by atoms with Crippen molar-refractivity contribution in [2.24, 2.45) is 5.92 Å². The van der Waals surface area contributed by atoms with Crippen molar-refractivity contribution in [3.8, 4) is 11.5 Å². The van der Waals surface area contributed by atoms with Crippen LogP contribution in [0.2, 0.25) is 0 Å². The van der Waals surface area contributed by atoms with E-state index >= 15 is 0 Å². The number of rotatable bonds is 11. The molecule has 2 aromatic carbocycles. The summed E-state index contributed by atoms with van der Waals surface area (Å²) < 4.78 is 16.4. The fourth-order valence-electron chi connectivity index (χ4n) is 3.12. The Morgan fingerprint density at radius 2 is 1.67 bits per heavy atom. The Labute approximate surface area is 194 Å². The van der Waals surface area contributed by atoms with Crippen LogP contribution in [0, 0.1) is 5.92 Å². The molecule has 0 aliphatic heterocycles. The molecule has 174 valence electrons. The Morgan fingerprint density at radius 1 is 0.909 bits per heavy atom. The highest BCUT2D eigenvalue weighted by molar-refractivity contribution is 5.95. The second-order valence-electron chi connectivity index (χ2n) is 8.04.